The molecule has 0 aliphatic heterocycles. The van der Waals surface area contributed by atoms with Crippen LogP contribution in [0, 0.1) is 0 Å². The van der Waals surface area contributed by atoms with Crippen LogP contribution >= 0.6 is 11.6 Å². The molecule has 0 radical (unpaired) electrons. The van der Waals surface area contributed by atoms with E-state index in [4.69, 9.17) is 11.6 Å². The molecule has 0 fully saturated rings. The molecule has 2 aromatic heterocycles. The lowest BCUT2D eigenvalue weighted by atomic mass is 10.1. The number of hydrogen-bond donors (Lipinski definition) is 1. The van der Waals surface area contributed by atoms with Gasteiger partial charge < -0.3 is 5.32 Å². The number of halogens is 1. The first-order valence-corrected chi connectivity index (χ1v) is 6.30. The molecule has 0 bridgehead atoms. The molecule has 2 heterocycles. The average molecular weight is 275 g/mol. The average Bonchev–Trinajstić information content (AvgIpc) is 2.94. The van der Waals surface area contributed by atoms with Gasteiger partial charge in [0, 0.05) is 12.4 Å². The number of benzene rings is 1. The maximum Gasteiger partial charge on any atom is 0.199 e. The van der Waals surface area contributed by atoms with Crippen LogP contribution in [-0.4, -0.2) is 25.0 Å². The predicted octanol–water partition coefficient (Wildman–Crippen LogP) is 1.87. The second-order valence-corrected chi connectivity index (χ2v) is 4.31. The summed E-state index contributed by atoms with van der Waals surface area (Å²) < 4.78 is 1.61. The van der Waals surface area contributed by atoms with Gasteiger partial charge in [-0.15, -0.1) is 16.7 Å². The van der Waals surface area contributed by atoms with E-state index in [9.17, 15) is 0 Å². The molecule has 3 rings (SSSR count). The molecule has 0 unspecified atom stereocenters. The van der Waals surface area contributed by atoms with Crippen LogP contribution in [0.3, 0.4) is 0 Å². The highest BCUT2D eigenvalue weighted by molar-refractivity contribution is 6.17. The molecule has 0 atom stereocenters. The highest BCUT2D eigenvalue weighted by atomic mass is 35.5. The zero-order valence-corrected chi connectivity index (χ0v) is 10.7. The van der Waals surface area contributed by atoms with Crippen molar-refractivity contribution < 1.29 is 0 Å². The lowest BCUT2D eigenvalue weighted by molar-refractivity contribution is 0.819. The number of anilines is 1. The summed E-state index contributed by atoms with van der Waals surface area (Å²) in [7, 11) is 0. The van der Waals surface area contributed by atoms with Crippen molar-refractivity contribution in [2.45, 2.75) is 12.4 Å². The van der Waals surface area contributed by atoms with Crippen LogP contribution in [0.4, 0.5) is 5.82 Å². The molecule has 0 saturated heterocycles. The Hall–Kier alpha value is -2.21. The minimum absolute atomic E-state index is 0.529. The zero-order valence-electron chi connectivity index (χ0n) is 9.99. The van der Waals surface area contributed by atoms with Crippen LogP contribution in [0.2, 0.25) is 0 Å². The molecule has 7 heteroatoms. The maximum absolute atomic E-state index is 5.76. The Labute approximate surface area is 114 Å². The van der Waals surface area contributed by atoms with E-state index in [1.807, 2.05) is 24.3 Å². The van der Waals surface area contributed by atoms with Crippen LogP contribution in [0.15, 0.2) is 36.7 Å². The summed E-state index contributed by atoms with van der Waals surface area (Å²) in [5, 5.41) is 14.6. The van der Waals surface area contributed by atoms with E-state index < -0.39 is 0 Å². The lowest BCUT2D eigenvalue weighted by Crippen LogP contribution is -2.05. The van der Waals surface area contributed by atoms with Crippen molar-refractivity contribution in [3.8, 4) is 0 Å². The fraction of sp³-hybridized carbons (Fsp3) is 0.167. The summed E-state index contributed by atoms with van der Waals surface area (Å²) in [5.74, 6) is 1.28. The zero-order chi connectivity index (χ0) is 13.1. The van der Waals surface area contributed by atoms with Crippen molar-refractivity contribution in [1.29, 1.82) is 0 Å². The highest BCUT2D eigenvalue weighted by Crippen LogP contribution is 2.10. The number of aromatic nitrogens is 5. The number of rotatable bonds is 4. The predicted molar refractivity (Wildman–Crippen MR) is 71.9 cm³/mol. The van der Waals surface area contributed by atoms with Crippen LogP contribution < -0.4 is 5.32 Å². The van der Waals surface area contributed by atoms with E-state index in [1.165, 1.54) is 0 Å². The van der Waals surface area contributed by atoms with E-state index in [2.05, 4.69) is 25.8 Å². The molecule has 6 nitrogen and oxygen atoms in total. The summed E-state index contributed by atoms with van der Waals surface area (Å²) in [6, 6.07) is 8.11. The first kappa shape index (κ1) is 11.9. The number of hydrogen-bond acceptors (Lipinski definition) is 5. The van der Waals surface area contributed by atoms with Crippen molar-refractivity contribution in [3.05, 3.63) is 47.8 Å². The molecule has 0 spiro atoms. The molecular formula is C12H11ClN6. The van der Waals surface area contributed by atoms with Crippen molar-refractivity contribution in [2.24, 2.45) is 0 Å². The molecule has 96 valence electrons. The van der Waals surface area contributed by atoms with E-state index in [-0.39, 0.29) is 0 Å². The van der Waals surface area contributed by atoms with Crippen molar-refractivity contribution in [1.82, 2.24) is 25.0 Å². The van der Waals surface area contributed by atoms with Gasteiger partial charge in [0.25, 0.3) is 0 Å². The molecule has 0 saturated carbocycles. The lowest BCUT2D eigenvalue weighted by Gasteiger charge is -2.07. The molecule has 0 aliphatic carbocycles. The number of nitrogens with zero attached hydrogens (tertiary/aromatic N) is 5. The molecule has 3 aromatic rings. The second kappa shape index (κ2) is 5.19. The number of tetrazole rings is 1. The monoisotopic (exact) mass is 274 g/mol. The summed E-state index contributed by atoms with van der Waals surface area (Å²) in [6.45, 7) is 0.670. The van der Waals surface area contributed by atoms with E-state index in [0.29, 0.717) is 18.1 Å². The third-order valence-electron chi connectivity index (χ3n) is 2.76. The minimum Gasteiger partial charge on any atom is -0.365 e. The Morgan fingerprint density at radius 3 is 2.68 bits per heavy atom. The van der Waals surface area contributed by atoms with Gasteiger partial charge in [0.15, 0.2) is 11.5 Å². The summed E-state index contributed by atoms with van der Waals surface area (Å²) in [6.07, 6.45) is 3.30. The standard InChI is InChI=1S/C12H11ClN6/c13-5-9-1-3-10(4-2-9)6-15-11-7-14-8-12-16-17-18-19(11)12/h1-4,7-8,15H,5-6H2. The van der Waals surface area contributed by atoms with Gasteiger partial charge in [-0.1, -0.05) is 24.3 Å². The van der Waals surface area contributed by atoms with Gasteiger partial charge in [0.2, 0.25) is 0 Å². The molecule has 1 N–H and O–H groups in total. The molecule has 19 heavy (non-hydrogen) atoms. The Balaban J connectivity index is 1.76. The smallest absolute Gasteiger partial charge is 0.199 e. The Kier molecular flexibility index (Phi) is 3.24. The Morgan fingerprint density at radius 2 is 1.89 bits per heavy atom. The number of fused-ring (bicyclic) bond motifs is 1. The summed E-state index contributed by atoms with van der Waals surface area (Å²) >= 11 is 5.76. The van der Waals surface area contributed by atoms with Gasteiger partial charge in [-0.2, -0.15) is 4.52 Å². The van der Waals surface area contributed by atoms with Crippen LogP contribution in [0.5, 0.6) is 0 Å². The van der Waals surface area contributed by atoms with E-state index in [1.54, 1.807) is 16.9 Å². The van der Waals surface area contributed by atoms with E-state index in [0.717, 1.165) is 16.9 Å². The minimum atomic E-state index is 0.529. The largest absolute Gasteiger partial charge is 0.365 e. The summed E-state index contributed by atoms with van der Waals surface area (Å²) in [4.78, 5) is 4.08. The van der Waals surface area contributed by atoms with E-state index >= 15 is 0 Å². The van der Waals surface area contributed by atoms with Crippen LogP contribution in [-0.2, 0) is 12.4 Å². The third-order valence-corrected chi connectivity index (χ3v) is 3.07. The Bertz CT molecular complexity index is 678. The van der Waals surface area contributed by atoms with Gasteiger partial charge in [0.1, 0.15) is 0 Å². The van der Waals surface area contributed by atoms with Crippen molar-refractivity contribution >= 4 is 23.1 Å². The van der Waals surface area contributed by atoms with Gasteiger partial charge in [0.05, 0.1) is 12.4 Å². The van der Waals surface area contributed by atoms with Gasteiger partial charge >= 0.3 is 0 Å². The fourth-order valence-corrected chi connectivity index (χ4v) is 1.91. The molecule has 0 amide bonds. The number of alkyl halides is 1. The van der Waals surface area contributed by atoms with Gasteiger partial charge in [-0.05, 0) is 21.6 Å². The molecule has 0 aliphatic rings. The summed E-state index contributed by atoms with van der Waals surface area (Å²) in [5.41, 5.74) is 2.87. The van der Waals surface area contributed by atoms with Crippen molar-refractivity contribution in [2.75, 3.05) is 5.32 Å². The SMILES string of the molecule is ClCc1ccc(CNc2cncc3nnnn23)cc1. The maximum atomic E-state index is 5.76. The fourth-order valence-electron chi connectivity index (χ4n) is 1.73. The van der Waals surface area contributed by atoms with Crippen LogP contribution in [0.25, 0.3) is 5.65 Å². The Morgan fingerprint density at radius 1 is 1.11 bits per heavy atom. The normalized spacial score (nSPS) is 10.8. The van der Waals surface area contributed by atoms with Crippen molar-refractivity contribution in [3.63, 3.8) is 0 Å². The third kappa shape index (κ3) is 2.48. The molecular weight excluding hydrogens is 264 g/mol. The highest BCUT2D eigenvalue weighted by Gasteiger charge is 2.03. The van der Waals surface area contributed by atoms with Gasteiger partial charge in [-0.25, -0.2) is 0 Å². The topological polar surface area (TPSA) is 68.0 Å². The first-order chi connectivity index (χ1) is 9.36. The second-order valence-electron chi connectivity index (χ2n) is 4.05. The van der Waals surface area contributed by atoms with Crippen LogP contribution in [0.1, 0.15) is 11.1 Å². The quantitative estimate of drug-likeness (QED) is 0.736. The number of nitrogens with one attached hydrogen (secondary N) is 1. The first-order valence-electron chi connectivity index (χ1n) is 5.76. The van der Waals surface area contributed by atoms with Gasteiger partial charge in [-0.3, -0.25) is 4.98 Å². The molecule has 1 aromatic carbocycles.